The summed E-state index contributed by atoms with van der Waals surface area (Å²) < 4.78 is 3.41. The van der Waals surface area contributed by atoms with Crippen molar-refractivity contribution in [1.82, 2.24) is 19.6 Å². The van der Waals surface area contributed by atoms with Crippen LogP contribution in [0, 0.1) is 20.8 Å². The highest BCUT2D eigenvalue weighted by molar-refractivity contribution is 6.00. The fraction of sp³-hybridized carbons (Fsp3) is 0.364. The van der Waals surface area contributed by atoms with Crippen LogP contribution in [0.15, 0.2) is 11.2 Å². The van der Waals surface area contributed by atoms with Crippen LogP contribution in [0.1, 0.15) is 22.6 Å². The molecule has 18 heavy (non-hydrogen) atoms. The van der Waals surface area contributed by atoms with E-state index in [4.69, 9.17) is 10.9 Å². The van der Waals surface area contributed by atoms with Gasteiger partial charge in [0.05, 0.1) is 17.0 Å². The van der Waals surface area contributed by atoms with Crippen LogP contribution in [0.4, 0.5) is 0 Å². The Morgan fingerprint density at radius 3 is 2.50 bits per heavy atom. The van der Waals surface area contributed by atoms with Crippen molar-refractivity contribution in [2.75, 3.05) is 0 Å². The first-order chi connectivity index (χ1) is 8.45. The number of amidine groups is 1. The van der Waals surface area contributed by atoms with Gasteiger partial charge in [-0.25, -0.2) is 4.68 Å². The quantitative estimate of drug-likeness (QED) is 0.352. The molecule has 2 heterocycles. The maximum atomic E-state index is 8.86. The molecule has 0 unspecified atom stereocenters. The fourth-order valence-electron chi connectivity index (χ4n) is 2.08. The minimum absolute atomic E-state index is 0.0307. The summed E-state index contributed by atoms with van der Waals surface area (Å²) in [5.41, 5.74) is 8.85. The second-order valence-corrected chi connectivity index (χ2v) is 4.23. The van der Waals surface area contributed by atoms with Crippen LogP contribution < -0.4 is 5.73 Å². The Hall–Kier alpha value is -2.31. The van der Waals surface area contributed by atoms with Crippen molar-refractivity contribution in [3.8, 4) is 5.82 Å². The summed E-state index contributed by atoms with van der Waals surface area (Å²) in [6, 6.07) is 1.96. The van der Waals surface area contributed by atoms with Crippen LogP contribution in [0.5, 0.6) is 0 Å². The summed E-state index contributed by atoms with van der Waals surface area (Å²) in [5, 5.41) is 20.6. The maximum Gasteiger partial charge on any atom is 0.175 e. The van der Waals surface area contributed by atoms with Gasteiger partial charge >= 0.3 is 0 Å². The monoisotopic (exact) mass is 248 g/mol. The molecule has 7 heteroatoms. The molecule has 2 rings (SSSR count). The molecule has 96 valence electrons. The summed E-state index contributed by atoms with van der Waals surface area (Å²) in [7, 11) is 1.80. The van der Waals surface area contributed by atoms with Crippen molar-refractivity contribution in [2.24, 2.45) is 17.9 Å². The zero-order valence-electron chi connectivity index (χ0n) is 10.8. The molecule has 0 aliphatic heterocycles. The minimum atomic E-state index is 0.0307. The lowest BCUT2D eigenvalue weighted by molar-refractivity contribution is 0.318. The van der Waals surface area contributed by atoms with E-state index in [2.05, 4.69) is 15.4 Å². The molecule has 0 aliphatic carbocycles. The van der Waals surface area contributed by atoms with Gasteiger partial charge < -0.3 is 10.9 Å². The predicted molar refractivity (Wildman–Crippen MR) is 67.1 cm³/mol. The van der Waals surface area contributed by atoms with E-state index >= 15 is 0 Å². The topological polar surface area (TPSA) is 94.3 Å². The van der Waals surface area contributed by atoms with Crippen molar-refractivity contribution < 1.29 is 5.21 Å². The third-order valence-electron chi connectivity index (χ3n) is 2.77. The summed E-state index contributed by atoms with van der Waals surface area (Å²) in [4.78, 5) is 0. The first-order valence-electron chi connectivity index (χ1n) is 5.50. The van der Waals surface area contributed by atoms with E-state index < -0.39 is 0 Å². The lowest BCUT2D eigenvalue weighted by atomic mass is 10.2. The Bertz CT molecular complexity index is 622. The highest BCUT2D eigenvalue weighted by Gasteiger charge is 2.20. The Balaban J connectivity index is 2.75. The molecule has 0 amide bonds. The standard InChI is InChI=1S/C11H16N6O/c1-6-5-7(2)17(13-6)11-9(10(12)15-18)8(3)14-16(11)4/h5,18H,1-4H3,(H2,12,15). The number of rotatable bonds is 2. The number of oxime groups is 1. The molecular formula is C11H16N6O. The molecule has 0 atom stereocenters. The molecule has 3 N–H and O–H groups in total. The molecule has 0 saturated carbocycles. The first kappa shape index (κ1) is 12.2. The molecule has 2 aromatic heterocycles. The third-order valence-corrected chi connectivity index (χ3v) is 2.77. The van der Waals surface area contributed by atoms with E-state index in [1.165, 1.54) is 0 Å². The number of aryl methyl sites for hydroxylation is 4. The Morgan fingerprint density at radius 1 is 1.33 bits per heavy atom. The molecule has 0 saturated heterocycles. The van der Waals surface area contributed by atoms with E-state index in [9.17, 15) is 0 Å². The van der Waals surface area contributed by atoms with Gasteiger partial charge in [0.25, 0.3) is 0 Å². The van der Waals surface area contributed by atoms with Crippen LogP contribution >= 0.6 is 0 Å². The largest absolute Gasteiger partial charge is 0.409 e. The zero-order valence-corrected chi connectivity index (χ0v) is 10.8. The van der Waals surface area contributed by atoms with Gasteiger partial charge in [0.2, 0.25) is 0 Å². The Kier molecular flexibility index (Phi) is 2.82. The number of nitrogens with zero attached hydrogens (tertiary/aromatic N) is 5. The molecule has 0 aliphatic rings. The summed E-state index contributed by atoms with van der Waals surface area (Å²) in [6.45, 7) is 5.66. The van der Waals surface area contributed by atoms with Crippen LogP contribution in [0.25, 0.3) is 5.82 Å². The second kappa shape index (κ2) is 4.17. The number of nitrogens with two attached hydrogens (primary N) is 1. The molecule has 0 aromatic carbocycles. The van der Waals surface area contributed by atoms with Gasteiger partial charge in [-0.3, -0.25) is 4.68 Å². The van der Waals surface area contributed by atoms with Crippen LogP contribution in [-0.2, 0) is 7.05 Å². The molecule has 0 radical (unpaired) electrons. The van der Waals surface area contributed by atoms with Crippen LogP contribution in [-0.4, -0.2) is 30.6 Å². The van der Waals surface area contributed by atoms with E-state index in [0.717, 1.165) is 11.4 Å². The average Bonchev–Trinajstić information content (AvgIpc) is 2.77. The van der Waals surface area contributed by atoms with Gasteiger partial charge in [0, 0.05) is 12.7 Å². The molecule has 2 aromatic rings. The average molecular weight is 248 g/mol. The van der Waals surface area contributed by atoms with Gasteiger partial charge in [-0.15, -0.1) is 0 Å². The van der Waals surface area contributed by atoms with Gasteiger partial charge in [0.1, 0.15) is 0 Å². The van der Waals surface area contributed by atoms with Crippen LogP contribution in [0.3, 0.4) is 0 Å². The SMILES string of the molecule is Cc1cc(C)n(-c2c(C(N)=NO)c(C)nn2C)n1. The van der Waals surface area contributed by atoms with Crippen molar-refractivity contribution in [3.63, 3.8) is 0 Å². The lowest BCUT2D eigenvalue weighted by Gasteiger charge is -2.07. The highest BCUT2D eigenvalue weighted by atomic mass is 16.4. The van der Waals surface area contributed by atoms with Gasteiger partial charge in [-0.2, -0.15) is 10.2 Å². The van der Waals surface area contributed by atoms with E-state index in [1.807, 2.05) is 26.8 Å². The number of hydrogen-bond donors (Lipinski definition) is 2. The lowest BCUT2D eigenvalue weighted by Crippen LogP contribution is -2.18. The van der Waals surface area contributed by atoms with Crippen LogP contribution in [0.2, 0.25) is 0 Å². The molecule has 0 fully saturated rings. The van der Waals surface area contributed by atoms with Gasteiger partial charge in [0.15, 0.2) is 11.7 Å². The molecule has 7 nitrogen and oxygen atoms in total. The third kappa shape index (κ3) is 1.73. The predicted octanol–water partition coefficient (Wildman–Crippen LogP) is 0.626. The van der Waals surface area contributed by atoms with Crippen molar-refractivity contribution in [3.05, 3.63) is 28.7 Å². The molecule has 0 spiro atoms. The van der Waals surface area contributed by atoms with Gasteiger partial charge in [-0.1, -0.05) is 5.16 Å². The zero-order chi connectivity index (χ0) is 13.4. The summed E-state index contributed by atoms with van der Waals surface area (Å²) in [6.07, 6.45) is 0. The maximum absolute atomic E-state index is 8.86. The molecule has 0 bridgehead atoms. The van der Waals surface area contributed by atoms with E-state index in [-0.39, 0.29) is 5.84 Å². The number of aromatic nitrogens is 4. The number of hydrogen-bond acceptors (Lipinski definition) is 4. The minimum Gasteiger partial charge on any atom is -0.409 e. The van der Waals surface area contributed by atoms with Crippen molar-refractivity contribution in [2.45, 2.75) is 20.8 Å². The smallest absolute Gasteiger partial charge is 0.175 e. The van der Waals surface area contributed by atoms with E-state index in [0.29, 0.717) is 17.1 Å². The normalized spacial score (nSPS) is 12.1. The summed E-state index contributed by atoms with van der Waals surface area (Å²) in [5.74, 6) is 0.719. The second-order valence-electron chi connectivity index (χ2n) is 4.23. The first-order valence-corrected chi connectivity index (χ1v) is 5.50. The van der Waals surface area contributed by atoms with Crippen molar-refractivity contribution in [1.29, 1.82) is 0 Å². The van der Waals surface area contributed by atoms with Gasteiger partial charge in [-0.05, 0) is 26.8 Å². The highest BCUT2D eigenvalue weighted by Crippen LogP contribution is 2.19. The molecular weight excluding hydrogens is 232 g/mol. The fourth-order valence-corrected chi connectivity index (χ4v) is 2.08. The Morgan fingerprint density at radius 2 is 2.00 bits per heavy atom. The van der Waals surface area contributed by atoms with E-state index in [1.54, 1.807) is 16.4 Å². The Labute approximate surface area is 105 Å². The van der Waals surface area contributed by atoms with Crippen molar-refractivity contribution >= 4 is 5.84 Å². The summed E-state index contributed by atoms with van der Waals surface area (Å²) >= 11 is 0.